The Hall–Kier alpha value is -1.71. The summed E-state index contributed by atoms with van der Waals surface area (Å²) in [6, 6.07) is 8.35. The van der Waals surface area contributed by atoms with Gasteiger partial charge in [0.25, 0.3) is 0 Å². The van der Waals surface area contributed by atoms with Crippen LogP contribution in [0.25, 0.3) is 0 Å². The zero-order valence-corrected chi connectivity index (χ0v) is 16.4. The lowest BCUT2D eigenvalue weighted by Crippen LogP contribution is -2.42. The SMILES string of the molecule is COc1ccc(CCC(C)C2CCN(C(=O)OC(C)(C)C)CC2)cc1. The van der Waals surface area contributed by atoms with Crippen molar-refractivity contribution in [1.29, 1.82) is 0 Å². The average Bonchev–Trinajstić information content (AvgIpc) is 2.58. The second-order valence-electron chi connectivity index (χ2n) is 8.17. The van der Waals surface area contributed by atoms with Crippen LogP contribution in [0.5, 0.6) is 5.75 Å². The molecule has 1 aliphatic heterocycles. The molecule has 1 unspecified atom stereocenters. The Kier molecular flexibility index (Phi) is 6.74. The van der Waals surface area contributed by atoms with E-state index in [1.165, 1.54) is 12.0 Å². The summed E-state index contributed by atoms with van der Waals surface area (Å²) >= 11 is 0. The number of aryl methyl sites for hydroxylation is 1. The summed E-state index contributed by atoms with van der Waals surface area (Å²) in [6.07, 6.45) is 4.25. The summed E-state index contributed by atoms with van der Waals surface area (Å²) in [7, 11) is 1.70. The van der Waals surface area contributed by atoms with Crippen molar-refractivity contribution in [3.63, 3.8) is 0 Å². The molecule has 0 saturated carbocycles. The topological polar surface area (TPSA) is 38.8 Å². The van der Waals surface area contributed by atoms with Crippen LogP contribution in [-0.2, 0) is 11.2 Å². The molecule has 4 heteroatoms. The van der Waals surface area contributed by atoms with Crippen LogP contribution in [0.2, 0.25) is 0 Å². The number of carbonyl (C=O) groups is 1. The number of amides is 1. The van der Waals surface area contributed by atoms with Crippen LogP contribution in [0, 0.1) is 11.8 Å². The largest absolute Gasteiger partial charge is 0.497 e. The third kappa shape index (κ3) is 6.26. The highest BCUT2D eigenvalue weighted by Crippen LogP contribution is 2.29. The number of rotatable bonds is 5. The van der Waals surface area contributed by atoms with E-state index in [-0.39, 0.29) is 6.09 Å². The van der Waals surface area contributed by atoms with Crippen molar-refractivity contribution in [3.8, 4) is 5.75 Å². The van der Waals surface area contributed by atoms with Crippen molar-refractivity contribution < 1.29 is 14.3 Å². The summed E-state index contributed by atoms with van der Waals surface area (Å²) in [5.41, 5.74) is 0.943. The van der Waals surface area contributed by atoms with E-state index in [4.69, 9.17) is 9.47 Å². The number of benzene rings is 1. The van der Waals surface area contributed by atoms with Crippen molar-refractivity contribution >= 4 is 6.09 Å². The van der Waals surface area contributed by atoms with E-state index in [2.05, 4.69) is 19.1 Å². The fraction of sp³-hybridized carbons (Fsp3) is 0.667. The Morgan fingerprint density at radius 1 is 1.20 bits per heavy atom. The van der Waals surface area contributed by atoms with Gasteiger partial charge in [0.1, 0.15) is 11.4 Å². The summed E-state index contributed by atoms with van der Waals surface area (Å²) in [4.78, 5) is 14.0. The third-order valence-corrected chi connectivity index (χ3v) is 5.04. The van der Waals surface area contributed by atoms with E-state index in [0.29, 0.717) is 11.8 Å². The molecule has 0 aliphatic carbocycles. The van der Waals surface area contributed by atoms with Gasteiger partial charge in [-0.25, -0.2) is 4.79 Å². The van der Waals surface area contributed by atoms with Gasteiger partial charge in [-0.05, 0) is 76.0 Å². The van der Waals surface area contributed by atoms with E-state index in [1.54, 1.807) is 7.11 Å². The maximum atomic E-state index is 12.1. The Balaban J connectivity index is 1.75. The Morgan fingerprint density at radius 3 is 2.32 bits per heavy atom. The number of hydrogen-bond acceptors (Lipinski definition) is 3. The molecule has 0 bridgehead atoms. The van der Waals surface area contributed by atoms with Crippen LogP contribution >= 0.6 is 0 Å². The minimum Gasteiger partial charge on any atom is -0.497 e. The van der Waals surface area contributed by atoms with Gasteiger partial charge in [-0.1, -0.05) is 19.1 Å². The monoisotopic (exact) mass is 347 g/mol. The molecular formula is C21H33NO3. The second-order valence-corrected chi connectivity index (χ2v) is 8.17. The molecule has 4 nitrogen and oxygen atoms in total. The molecule has 0 aromatic heterocycles. The molecule has 1 aromatic carbocycles. The van der Waals surface area contributed by atoms with Crippen LogP contribution in [-0.4, -0.2) is 36.8 Å². The van der Waals surface area contributed by atoms with Gasteiger partial charge in [0.15, 0.2) is 0 Å². The molecule has 1 saturated heterocycles. The molecule has 0 spiro atoms. The van der Waals surface area contributed by atoms with E-state index >= 15 is 0 Å². The summed E-state index contributed by atoms with van der Waals surface area (Å²) in [5, 5.41) is 0. The first kappa shape index (κ1) is 19.6. The first-order valence-electron chi connectivity index (χ1n) is 9.39. The number of likely N-dealkylation sites (tertiary alicyclic amines) is 1. The lowest BCUT2D eigenvalue weighted by molar-refractivity contribution is 0.0161. The van der Waals surface area contributed by atoms with Crippen LogP contribution in [0.3, 0.4) is 0 Å². The van der Waals surface area contributed by atoms with E-state index in [0.717, 1.165) is 38.1 Å². The van der Waals surface area contributed by atoms with Gasteiger partial charge >= 0.3 is 6.09 Å². The van der Waals surface area contributed by atoms with Crippen LogP contribution in [0.1, 0.15) is 52.5 Å². The van der Waals surface area contributed by atoms with Gasteiger partial charge in [-0.3, -0.25) is 0 Å². The average molecular weight is 347 g/mol. The number of methoxy groups -OCH3 is 1. The van der Waals surface area contributed by atoms with Gasteiger partial charge in [-0.15, -0.1) is 0 Å². The van der Waals surface area contributed by atoms with E-state index < -0.39 is 5.60 Å². The van der Waals surface area contributed by atoms with Crippen molar-refractivity contribution in [2.75, 3.05) is 20.2 Å². The van der Waals surface area contributed by atoms with Gasteiger partial charge < -0.3 is 14.4 Å². The van der Waals surface area contributed by atoms with Gasteiger partial charge in [0.05, 0.1) is 7.11 Å². The highest BCUT2D eigenvalue weighted by Gasteiger charge is 2.28. The minimum absolute atomic E-state index is 0.170. The summed E-state index contributed by atoms with van der Waals surface area (Å²) in [6.45, 7) is 9.72. The first-order valence-corrected chi connectivity index (χ1v) is 9.39. The standard InChI is InChI=1S/C21H33NO3/c1-16(6-7-17-8-10-19(24-5)11-9-17)18-12-14-22(15-13-18)20(23)25-21(2,3)4/h8-11,16,18H,6-7,12-15H2,1-5H3. The smallest absolute Gasteiger partial charge is 0.410 e. The zero-order valence-electron chi connectivity index (χ0n) is 16.4. The molecule has 1 heterocycles. The molecule has 1 aromatic rings. The molecule has 1 fully saturated rings. The number of piperidine rings is 1. The minimum atomic E-state index is -0.417. The van der Waals surface area contributed by atoms with Crippen LogP contribution in [0.4, 0.5) is 4.79 Å². The molecule has 140 valence electrons. The second kappa shape index (κ2) is 8.59. The number of nitrogens with zero attached hydrogens (tertiary/aromatic N) is 1. The highest BCUT2D eigenvalue weighted by molar-refractivity contribution is 5.68. The van der Waals surface area contributed by atoms with Crippen LogP contribution in [0.15, 0.2) is 24.3 Å². The normalized spacial score (nSPS) is 17.2. The number of hydrogen-bond donors (Lipinski definition) is 0. The van der Waals surface area contributed by atoms with Crippen molar-refractivity contribution in [2.45, 2.75) is 59.0 Å². The Morgan fingerprint density at radius 2 is 1.80 bits per heavy atom. The number of ether oxygens (including phenoxy) is 2. The fourth-order valence-corrected chi connectivity index (χ4v) is 3.40. The Labute approximate surface area is 152 Å². The molecular weight excluding hydrogens is 314 g/mol. The van der Waals surface area contributed by atoms with Crippen molar-refractivity contribution in [2.24, 2.45) is 11.8 Å². The number of carbonyl (C=O) groups excluding carboxylic acids is 1. The van der Waals surface area contributed by atoms with Crippen LogP contribution < -0.4 is 4.74 Å². The first-order chi connectivity index (χ1) is 11.8. The molecule has 1 atom stereocenters. The van der Waals surface area contributed by atoms with E-state index in [1.807, 2.05) is 37.8 Å². The highest BCUT2D eigenvalue weighted by atomic mass is 16.6. The maximum Gasteiger partial charge on any atom is 0.410 e. The quantitative estimate of drug-likeness (QED) is 0.759. The molecule has 1 aliphatic rings. The molecule has 0 radical (unpaired) electrons. The predicted molar refractivity (Wildman–Crippen MR) is 101 cm³/mol. The molecule has 1 amide bonds. The van der Waals surface area contributed by atoms with Crippen molar-refractivity contribution in [1.82, 2.24) is 4.90 Å². The predicted octanol–water partition coefficient (Wildman–Crippen LogP) is 4.91. The van der Waals surface area contributed by atoms with E-state index in [9.17, 15) is 4.79 Å². The van der Waals surface area contributed by atoms with Gasteiger partial charge in [0, 0.05) is 13.1 Å². The van der Waals surface area contributed by atoms with Gasteiger partial charge in [-0.2, -0.15) is 0 Å². The summed E-state index contributed by atoms with van der Waals surface area (Å²) < 4.78 is 10.7. The Bertz CT molecular complexity index is 539. The molecule has 0 N–H and O–H groups in total. The lowest BCUT2D eigenvalue weighted by atomic mass is 9.82. The maximum absolute atomic E-state index is 12.1. The molecule has 2 rings (SSSR count). The molecule has 25 heavy (non-hydrogen) atoms. The summed E-state index contributed by atoms with van der Waals surface area (Å²) in [5.74, 6) is 2.27. The zero-order chi connectivity index (χ0) is 18.4. The lowest BCUT2D eigenvalue weighted by Gasteiger charge is -2.35. The van der Waals surface area contributed by atoms with Gasteiger partial charge in [0.2, 0.25) is 0 Å². The van der Waals surface area contributed by atoms with Crippen molar-refractivity contribution in [3.05, 3.63) is 29.8 Å². The fourth-order valence-electron chi connectivity index (χ4n) is 3.40. The third-order valence-electron chi connectivity index (χ3n) is 5.04.